The van der Waals surface area contributed by atoms with Gasteiger partial charge in [-0.1, -0.05) is 12.1 Å². The summed E-state index contributed by atoms with van der Waals surface area (Å²) in [5.74, 6) is 1.47. The highest BCUT2D eigenvalue weighted by Crippen LogP contribution is 2.34. The standard InChI is InChI=1S/C23H22NO3/c1-15-20-13-23(26-4)22(25-3)12-19(20)11-21(24(15)2)17-7-5-6-16(10-17)18-8-9-27-14-18/h5-14H,1-4H3/q+1. The zero-order chi connectivity index (χ0) is 19.0. The third kappa shape index (κ3) is 2.93. The van der Waals surface area contributed by atoms with Crippen LogP contribution in [0.3, 0.4) is 0 Å². The number of rotatable bonds is 4. The molecule has 2 aromatic carbocycles. The number of furan rings is 1. The number of pyridine rings is 1. The maximum atomic E-state index is 5.49. The molecule has 4 nitrogen and oxygen atoms in total. The number of methoxy groups -OCH3 is 2. The molecular weight excluding hydrogens is 338 g/mol. The number of nitrogens with zero attached hydrogens (tertiary/aromatic N) is 1. The molecule has 0 saturated carbocycles. The lowest BCUT2D eigenvalue weighted by atomic mass is 10.0. The van der Waals surface area contributed by atoms with Crippen LogP contribution >= 0.6 is 0 Å². The third-order valence-electron chi connectivity index (χ3n) is 5.12. The molecule has 0 fully saturated rings. The van der Waals surface area contributed by atoms with Crippen molar-refractivity contribution in [1.82, 2.24) is 0 Å². The molecule has 4 heteroatoms. The zero-order valence-corrected chi connectivity index (χ0v) is 15.9. The van der Waals surface area contributed by atoms with Gasteiger partial charge in [0.05, 0.1) is 32.1 Å². The molecular formula is C23H22NO3+. The van der Waals surface area contributed by atoms with Gasteiger partial charge in [-0.05, 0) is 41.3 Å². The molecule has 27 heavy (non-hydrogen) atoms. The lowest BCUT2D eigenvalue weighted by Crippen LogP contribution is -2.34. The summed E-state index contributed by atoms with van der Waals surface area (Å²) in [6, 6.07) is 16.7. The van der Waals surface area contributed by atoms with Crippen LogP contribution in [0.25, 0.3) is 33.2 Å². The summed E-state index contributed by atoms with van der Waals surface area (Å²) in [4.78, 5) is 0. The third-order valence-corrected chi connectivity index (χ3v) is 5.12. The number of aromatic nitrogens is 1. The molecule has 2 heterocycles. The molecule has 136 valence electrons. The smallest absolute Gasteiger partial charge is 0.213 e. The maximum Gasteiger partial charge on any atom is 0.213 e. The van der Waals surface area contributed by atoms with E-state index in [1.807, 2.05) is 18.2 Å². The predicted molar refractivity (Wildman–Crippen MR) is 106 cm³/mol. The van der Waals surface area contributed by atoms with E-state index in [1.54, 1.807) is 26.7 Å². The van der Waals surface area contributed by atoms with Gasteiger partial charge >= 0.3 is 0 Å². The Balaban J connectivity index is 1.92. The van der Waals surface area contributed by atoms with Gasteiger partial charge in [-0.25, -0.2) is 0 Å². The number of hydrogen-bond donors (Lipinski definition) is 0. The monoisotopic (exact) mass is 360 g/mol. The second kappa shape index (κ2) is 6.80. The van der Waals surface area contributed by atoms with E-state index in [0.717, 1.165) is 50.3 Å². The molecule has 0 amide bonds. The fourth-order valence-corrected chi connectivity index (χ4v) is 3.50. The highest BCUT2D eigenvalue weighted by atomic mass is 16.5. The second-order valence-corrected chi connectivity index (χ2v) is 6.56. The van der Waals surface area contributed by atoms with E-state index >= 15 is 0 Å². The van der Waals surface area contributed by atoms with Crippen molar-refractivity contribution in [1.29, 1.82) is 0 Å². The Morgan fingerprint density at radius 3 is 2.30 bits per heavy atom. The Morgan fingerprint density at radius 1 is 0.852 bits per heavy atom. The van der Waals surface area contributed by atoms with Crippen molar-refractivity contribution >= 4 is 10.8 Å². The SMILES string of the molecule is COc1cc2cc(-c3cccc(-c4ccoc4)c3)[n+](C)c(C)c2cc1OC. The normalized spacial score (nSPS) is 11.0. The summed E-state index contributed by atoms with van der Waals surface area (Å²) >= 11 is 0. The van der Waals surface area contributed by atoms with Crippen molar-refractivity contribution in [2.24, 2.45) is 7.05 Å². The summed E-state index contributed by atoms with van der Waals surface area (Å²) in [5, 5.41) is 2.26. The van der Waals surface area contributed by atoms with Crippen LogP contribution in [0.5, 0.6) is 11.5 Å². The number of benzene rings is 2. The average molecular weight is 360 g/mol. The number of aryl methyl sites for hydroxylation is 1. The van der Waals surface area contributed by atoms with Crippen LogP contribution in [-0.2, 0) is 7.05 Å². The molecule has 4 aromatic rings. The average Bonchev–Trinajstić information content (AvgIpc) is 3.24. The predicted octanol–water partition coefficient (Wildman–Crippen LogP) is 4.92. The van der Waals surface area contributed by atoms with Crippen LogP contribution in [0.4, 0.5) is 0 Å². The van der Waals surface area contributed by atoms with Gasteiger partial charge in [-0.3, -0.25) is 0 Å². The first kappa shape index (κ1) is 17.2. The topological polar surface area (TPSA) is 35.5 Å². The van der Waals surface area contributed by atoms with Gasteiger partial charge in [0.25, 0.3) is 0 Å². The van der Waals surface area contributed by atoms with Crippen LogP contribution in [0.2, 0.25) is 0 Å². The summed E-state index contributed by atoms with van der Waals surface area (Å²) in [6.45, 7) is 2.12. The fourth-order valence-electron chi connectivity index (χ4n) is 3.50. The van der Waals surface area contributed by atoms with Gasteiger partial charge < -0.3 is 13.9 Å². The minimum atomic E-state index is 0.733. The number of ether oxygens (including phenoxy) is 2. The molecule has 0 spiro atoms. The van der Waals surface area contributed by atoms with E-state index in [9.17, 15) is 0 Å². The highest BCUT2D eigenvalue weighted by Gasteiger charge is 2.19. The summed E-state index contributed by atoms with van der Waals surface area (Å²) in [6.07, 6.45) is 3.46. The van der Waals surface area contributed by atoms with Crippen LogP contribution in [0.1, 0.15) is 5.69 Å². The van der Waals surface area contributed by atoms with Crippen molar-refractivity contribution in [2.45, 2.75) is 6.92 Å². The number of hydrogen-bond acceptors (Lipinski definition) is 3. The van der Waals surface area contributed by atoms with Gasteiger partial charge in [0.1, 0.15) is 7.05 Å². The van der Waals surface area contributed by atoms with Gasteiger partial charge in [-0.2, -0.15) is 4.57 Å². The Hall–Kier alpha value is -3.27. The molecule has 0 aliphatic rings. The van der Waals surface area contributed by atoms with Gasteiger partial charge in [0.15, 0.2) is 17.2 Å². The molecule has 2 aromatic heterocycles. The minimum absolute atomic E-state index is 0.733. The van der Waals surface area contributed by atoms with Crippen LogP contribution in [-0.4, -0.2) is 14.2 Å². The molecule has 0 saturated heterocycles. The Labute approximate surface area is 158 Å². The van der Waals surface area contributed by atoms with Crippen LogP contribution in [0.15, 0.2) is 65.5 Å². The molecule has 0 atom stereocenters. The quantitative estimate of drug-likeness (QED) is 0.485. The van der Waals surface area contributed by atoms with E-state index in [1.165, 1.54) is 0 Å². The van der Waals surface area contributed by atoms with Gasteiger partial charge in [0, 0.05) is 24.1 Å². The van der Waals surface area contributed by atoms with Crippen LogP contribution in [0, 0.1) is 6.92 Å². The van der Waals surface area contributed by atoms with Gasteiger partial charge in [-0.15, -0.1) is 0 Å². The first-order chi connectivity index (χ1) is 13.1. The van der Waals surface area contributed by atoms with Crippen molar-refractivity contribution in [3.63, 3.8) is 0 Å². The van der Waals surface area contributed by atoms with Crippen molar-refractivity contribution < 1.29 is 18.5 Å². The number of fused-ring (bicyclic) bond motifs is 1. The van der Waals surface area contributed by atoms with Gasteiger partial charge in [0.2, 0.25) is 5.69 Å². The molecule has 0 bridgehead atoms. The molecule has 0 radical (unpaired) electrons. The molecule has 0 unspecified atom stereocenters. The van der Waals surface area contributed by atoms with E-state index in [-0.39, 0.29) is 0 Å². The lowest BCUT2D eigenvalue weighted by Gasteiger charge is -2.12. The van der Waals surface area contributed by atoms with Crippen molar-refractivity contribution in [2.75, 3.05) is 14.2 Å². The van der Waals surface area contributed by atoms with Crippen molar-refractivity contribution in [3.05, 3.63) is 66.8 Å². The second-order valence-electron chi connectivity index (χ2n) is 6.56. The molecule has 0 aliphatic heterocycles. The Kier molecular flexibility index (Phi) is 4.32. The molecule has 0 aliphatic carbocycles. The summed E-state index contributed by atoms with van der Waals surface area (Å²) < 4.78 is 18.4. The van der Waals surface area contributed by atoms with E-state index in [0.29, 0.717) is 0 Å². The van der Waals surface area contributed by atoms with Crippen LogP contribution < -0.4 is 14.0 Å². The zero-order valence-electron chi connectivity index (χ0n) is 15.9. The largest absolute Gasteiger partial charge is 0.493 e. The first-order valence-corrected chi connectivity index (χ1v) is 8.80. The Bertz CT molecular complexity index is 1110. The first-order valence-electron chi connectivity index (χ1n) is 8.80. The highest BCUT2D eigenvalue weighted by molar-refractivity contribution is 5.89. The lowest BCUT2D eigenvalue weighted by molar-refractivity contribution is -0.665. The maximum absolute atomic E-state index is 5.49. The summed E-state index contributed by atoms with van der Waals surface area (Å²) in [5.41, 5.74) is 5.65. The fraction of sp³-hybridized carbons (Fsp3) is 0.174. The van der Waals surface area contributed by atoms with E-state index < -0.39 is 0 Å². The van der Waals surface area contributed by atoms with E-state index in [2.05, 4.69) is 48.9 Å². The minimum Gasteiger partial charge on any atom is -0.493 e. The molecule has 0 N–H and O–H groups in total. The Morgan fingerprint density at radius 2 is 1.59 bits per heavy atom. The molecule has 4 rings (SSSR count). The van der Waals surface area contributed by atoms with Crippen molar-refractivity contribution in [3.8, 4) is 33.9 Å². The van der Waals surface area contributed by atoms with E-state index in [4.69, 9.17) is 13.9 Å². The summed E-state index contributed by atoms with van der Waals surface area (Å²) in [7, 11) is 5.41.